The van der Waals surface area contributed by atoms with Gasteiger partial charge in [-0.15, -0.1) is 16.4 Å². The summed E-state index contributed by atoms with van der Waals surface area (Å²) in [5, 5.41) is 10.9. The van der Waals surface area contributed by atoms with Crippen molar-refractivity contribution in [3.63, 3.8) is 0 Å². The molecule has 3 rings (SSSR count). The topological polar surface area (TPSA) is 96.8 Å². The van der Waals surface area contributed by atoms with Gasteiger partial charge in [0.2, 0.25) is 5.91 Å². The van der Waals surface area contributed by atoms with Crippen LogP contribution in [0.1, 0.15) is 15.2 Å². The number of nitrogens with one attached hydrogen (secondary N) is 2. The molecule has 134 valence electrons. The maximum atomic E-state index is 11.9. The fourth-order valence-corrected chi connectivity index (χ4v) is 3.65. The Balaban J connectivity index is 1.56. The van der Waals surface area contributed by atoms with Gasteiger partial charge >= 0.3 is 5.69 Å². The molecule has 0 radical (unpaired) electrons. The van der Waals surface area contributed by atoms with Crippen LogP contribution in [0.5, 0.6) is 0 Å². The van der Waals surface area contributed by atoms with Gasteiger partial charge < -0.3 is 0 Å². The second kappa shape index (κ2) is 8.63. The van der Waals surface area contributed by atoms with Gasteiger partial charge in [-0.05, 0) is 23.4 Å². The summed E-state index contributed by atoms with van der Waals surface area (Å²) in [5.41, 5.74) is 0.786. The minimum atomic E-state index is -0.432. The number of hydrogen-bond donors (Lipinski definition) is 2. The van der Waals surface area contributed by atoms with Gasteiger partial charge in [-0.3, -0.25) is 19.5 Å². The van der Waals surface area contributed by atoms with Crippen molar-refractivity contribution in [2.24, 2.45) is 0 Å². The lowest BCUT2D eigenvalue weighted by Gasteiger charge is -2.06. The Kier molecular flexibility index (Phi) is 6.03. The predicted octanol–water partition coefficient (Wildman–Crippen LogP) is 1.92. The summed E-state index contributed by atoms with van der Waals surface area (Å²) in [6, 6.07) is 13.2. The molecule has 1 aromatic carbocycles. The lowest BCUT2D eigenvalue weighted by atomic mass is 10.1. The van der Waals surface area contributed by atoms with Crippen molar-refractivity contribution in [3.8, 4) is 0 Å². The van der Waals surface area contributed by atoms with Crippen molar-refractivity contribution in [2.75, 3.05) is 5.75 Å². The number of benzene rings is 1. The van der Waals surface area contributed by atoms with Gasteiger partial charge in [-0.1, -0.05) is 48.2 Å². The minimum absolute atomic E-state index is 0.00720. The number of nitrogens with zero attached hydrogens (tertiary/aromatic N) is 2. The van der Waals surface area contributed by atoms with Crippen molar-refractivity contribution in [1.29, 1.82) is 0 Å². The van der Waals surface area contributed by atoms with Gasteiger partial charge in [0, 0.05) is 6.54 Å². The van der Waals surface area contributed by atoms with Crippen LogP contribution in [0.2, 0.25) is 0 Å². The van der Waals surface area contributed by atoms with E-state index in [9.17, 15) is 14.4 Å². The molecule has 2 amide bonds. The molecule has 0 aliphatic carbocycles. The van der Waals surface area contributed by atoms with E-state index in [0.29, 0.717) is 23.0 Å². The molecular formula is C17H16N4O3S2. The number of aryl methyl sites for hydroxylation is 1. The Labute approximate surface area is 157 Å². The van der Waals surface area contributed by atoms with E-state index in [1.807, 2.05) is 30.3 Å². The van der Waals surface area contributed by atoms with Gasteiger partial charge in [0.15, 0.2) is 5.16 Å². The second-order valence-corrected chi connectivity index (χ2v) is 7.23. The summed E-state index contributed by atoms with van der Waals surface area (Å²) < 4.78 is 1.49. The largest absolute Gasteiger partial charge is 0.343 e. The van der Waals surface area contributed by atoms with Crippen LogP contribution >= 0.6 is 23.1 Å². The summed E-state index contributed by atoms with van der Waals surface area (Å²) in [5.74, 6) is -0.861. The van der Waals surface area contributed by atoms with Gasteiger partial charge in [0.1, 0.15) is 0 Å². The zero-order valence-corrected chi connectivity index (χ0v) is 15.3. The maximum absolute atomic E-state index is 11.9. The van der Waals surface area contributed by atoms with Crippen molar-refractivity contribution in [3.05, 3.63) is 68.8 Å². The van der Waals surface area contributed by atoms with E-state index in [1.54, 1.807) is 17.5 Å². The number of thioether (sulfide) groups is 1. The van der Waals surface area contributed by atoms with Gasteiger partial charge in [0.25, 0.3) is 5.91 Å². The first-order valence-electron chi connectivity index (χ1n) is 7.83. The van der Waals surface area contributed by atoms with Gasteiger partial charge in [-0.25, -0.2) is 9.89 Å². The fraction of sp³-hybridized carbons (Fsp3) is 0.176. The predicted molar refractivity (Wildman–Crippen MR) is 101 cm³/mol. The van der Waals surface area contributed by atoms with Crippen LogP contribution in [0, 0.1) is 0 Å². The van der Waals surface area contributed by atoms with Crippen LogP contribution in [0.25, 0.3) is 0 Å². The lowest BCUT2D eigenvalue weighted by molar-refractivity contribution is -0.117. The van der Waals surface area contributed by atoms with Crippen molar-refractivity contribution < 1.29 is 9.59 Å². The van der Waals surface area contributed by atoms with E-state index in [2.05, 4.69) is 15.5 Å². The molecule has 0 bridgehead atoms. The van der Waals surface area contributed by atoms with Crippen LogP contribution in [0.3, 0.4) is 0 Å². The smallest absolute Gasteiger partial charge is 0.291 e. The molecule has 0 spiro atoms. The Morgan fingerprint density at radius 2 is 2.00 bits per heavy atom. The Morgan fingerprint density at radius 3 is 2.73 bits per heavy atom. The first-order chi connectivity index (χ1) is 12.6. The third-order valence-electron chi connectivity index (χ3n) is 3.52. The Morgan fingerprint density at radius 1 is 1.19 bits per heavy atom. The number of thiophene rings is 1. The molecule has 0 aliphatic rings. The number of rotatable bonds is 7. The SMILES string of the molecule is O=C(CSc1n[nH]c(=O)n1CCc1ccccc1)NC(=O)c1cccs1. The molecule has 0 atom stereocenters. The number of amides is 2. The molecule has 2 heterocycles. The number of H-pyrrole nitrogens is 1. The monoisotopic (exact) mass is 388 g/mol. The third kappa shape index (κ3) is 4.70. The van der Waals surface area contributed by atoms with Gasteiger partial charge in [0.05, 0.1) is 10.6 Å². The van der Waals surface area contributed by atoms with Crippen molar-refractivity contribution in [1.82, 2.24) is 20.1 Å². The van der Waals surface area contributed by atoms with E-state index < -0.39 is 11.8 Å². The highest BCUT2D eigenvalue weighted by Gasteiger charge is 2.14. The van der Waals surface area contributed by atoms with Crippen LogP contribution in [0.4, 0.5) is 0 Å². The summed E-state index contributed by atoms with van der Waals surface area (Å²) in [4.78, 5) is 36.2. The van der Waals surface area contributed by atoms with E-state index >= 15 is 0 Å². The number of carbonyl (C=O) groups is 2. The fourth-order valence-electron chi connectivity index (χ4n) is 2.26. The molecule has 2 aromatic heterocycles. The lowest BCUT2D eigenvalue weighted by Crippen LogP contribution is -2.31. The molecule has 0 unspecified atom stereocenters. The molecule has 0 aliphatic heterocycles. The van der Waals surface area contributed by atoms with E-state index in [-0.39, 0.29) is 11.4 Å². The number of aromatic nitrogens is 3. The molecule has 0 saturated heterocycles. The summed E-state index contributed by atoms with van der Waals surface area (Å²) in [6.07, 6.45) is 0.677. The number of imide groups is 1. The minimum Gasteiger partial charge on any atom is -0.291 e. The van der Waals surface area contributed by atoms with E-state index in [4.69, 9.17) is 0 Å². The van der Waals surface area contributed by atoms with Gasteiger partial charge in [-0.2, -0.15) is 0 Å². The molecule has 0 fully saturated rings. The molecule has 2 N–H and O–H groups in total. The zero-order valence-electron chi connectivity index (χ0n) is 13.7. The average molecular weight is 388 g/mol. The summed E-state index contributed by atoms with van der Waals surface area (Å²) in [6.45, 7) is 0.456. The van der Waals surface area contributed by atoms with Crippen LogP contribution < -0.4 is 11.0 Å². The molecule has 9 heteroatoms. The first kappa shape index (κ1) is 18.2. The molecule has 3 aromatic rings. The third-order valence-corrected chi connectivity index (χ3v) is 5.37. The highest BCUT2D eigenvalue weighted by molar-refractivity contribution is 7.99. The first-order valence-corrected chi connectivity index (χ1v) is 9.69. The Hall–Kier alpha value is -2.65. The van der Waals surface area contributed by atoms with Crippen molar-refractivity contribution >= 4 is 34.9 Å². The quantitative estimate of drug-likeness (QED) is 0.603. The van der Waals surface area contributed by atoms with E-state index in [1.165, 1.54) is 15.9 Å². The summed E-state index contributed by atoms with van der Waals surface area (Å²) in [7, 11) is 0. The standard InChI is InChI=1S/C17H16N4O3S2/c22-14(18-15(23)13-7-4-10-25-13)11-26-17-20-19-16(24)21(17)9-8-12-5-2-1-3-6-12/h1-7,10H,8-9,11H2,(H,19,24)(H,18,22,23). The molecular weight excluding hydrogens is 372 g/mol. The molecule has 26 heavy (non-hydrogen) atoms. The zero-order chi connectivity index (χ0) is 18.4. The normalized spacial score (nSPS) is 10.6. The Bertz CT molecular complexity index is 933. The maximum Gasteiger partial charge on any atom is 0.343 e. The highest BCUT2D eigenvalue weighted by Crippen LogP contribution is 2.14. The number of aromatic amines is 1. The highest BCUT2D eigenvalue weighted by atomic mass is 32.2. The van der Waals surface area contributed by atoms with Crippen molar-refractivity contribution in [2.45, 2.75) is 18.1 Å². The van der Waals surface area contributed by atoms with Crippen LogP contribution in [0.15, 0.2) is 57.8 Å². The molecule has 0 saturated carbocycles. The number of carbonyl (C=O) groups excluding carboxylic acids is 2. The average Bonchev–Trinajstić information content (AvgIpc) is 3.29. The molecule has 7 nitrogen and oxygen atoms in total. The van der Waals surface area contributed by atoms with E-state index in [0.717, 1.165) is 17.3 Å². The van der Waals surface area contributed by atoms with Crippen LogP contribution in [-0.2, 0) is 17.8 Å². The number of hydrogen-bond acceptors (Lipinski definition) is 6. The summed E-state index contributed by atoms with van der Waals surface area (Å²) >= 11 is 2.37. The second-order valence-electron chi connectivity index (χ2n) is 5.34. The van der Waals surface area contributed by atoms with Crippen LogP contribution in [-0.4, -0.2) is 32.3 Å².